The van der Waals surface area contributed by atoms with E-state index in [4.69, 9.17) is 11.6 Å². The molecular weight excluding hydrogens is 443 g/mol. The van der Waals surface area contributed by atoms with E-state index in [1.54, 1.807) is 16.8 Å². The number of anilines is 2. The van der Waals surface area contributed by atoms with E-state index < -0.39 is 6.04 Å². The van der Waals surface area contributed by atoms with Crippen molar-refractivity contribution in [1.29, 1.82) is 0 Å². The Bertz CT molecular complexity index is 1290. The van der Waals surface area contributed by atoms with Crippen molar-refractivity contribution in [1.82, 2.24) is 9.78 Å². The van der Waals surface area contributed by atoms with Crippen LogP contribution >= 0.6 is 11.6 Å². The highest BCUT2D eigenvalue weighted by atomic mass is 35.5. The van der Waals surface area contributed by atoms with E-state index in [0.29, 0.717) is 40.5 Å². The van der Waals surface area contributed by atoms with E-state index in [9.17, 15) is 14.0 Å². The molecule has 2 heterocycles. The number of amides is 1. The van der Waals surface area contributed by atoms with Gasteiger partial charge in [0.1, 0.15) is 23.2 Å². The number of allylic oxidation sites excluding steroid dienone is 2. The molecule has 0 saturated heterocycles. The molecule has 1 amide bonds. The molecule has 33 heavy (non-hydrogen) atoms. The fourth-order valence-corrected chi connectivity index (χ4v) is 4.69. The van der Waals surface area contributed by atoms with Crippen LogP contribution in [0, 0.1) is 11.2 Å². The standard InChI is InChI=1S/C25H22ClFN4O2/c1-25(2)11-19-21(20(32)12-25)22(14-3-5-15(26)6-4-14)31-23(30-19)18(13-28-31)24(33)29-17-9-7-16(27)8-10-17/h3-10,13,22,30H,11-12H2,1-2H3,(H,29,33)/t22-/m0/s1. The van der Waals surface area contributed by atoms with Crippen molar-refractivity contribution in [3.05, 3.63) is 88.0 Å². The predicted octanol–water partition coefficient (Wildman–Crippen LogP) is 5.59. The largest absolute Gasteiger partial charge is 0.343 e. The van der Waals surface area contributed by atoms with Gasteiger partial charge in [-0.3, -0.25) is 9.59 Å². The Kier molecular flexibility index (Phi) is 5.09. The summed E-state index contributed by atoms with van der Waals surface area (Å²) in [5.74, 6) is -0.186. The molecule has 8 heteroatoms. The maximum Gasteiger partial charge on any atom is 0.261 e. The smallest absolute Gasteiger partial charge is 0.261 e. The van der Waals surface area contributed by atoms with Gasteiger partial charge < -0.3 is 10.6 Å². The molecule has 1 aromatic heterocycles. The summed E-state index contributed by atoms with van der Waals surface area (Å²) in [7, 11) is 0. The van der Waals surface area contributed by atoms with Crippen molar-refractivity contribution in [2.75, 3.05) is 10.6 Å². The summed E-state index contributed by atoms with van der Waals surface area (Å²) >= 11 is 6.10. The number of carbonyl (C=O) groups excluding carboxylic acids is 2. The van der Waals surface area contributed by atoms with Crippen LogP contribution in [-0.4, -0.2) is 21.5 Å². The van der Waals surface area contributed by atoms with Gasteiger partial charge in [0.2, 0.25) is 0 Å². The fraction of sp³-hybridized carbons (Fsp3) is 0.240. The van der Waals surface area contributed by atoms with Crippen LogP contribution in [0.15, 0.2) is 66.0 Å². The lowest BCUT2D eigenvalue weighted by Crippen LogP contribution is -2.36. The Morgan fingerprint density at radius 3 is 2.55 bits per heavy atom. The van der Waals surface area contributed by atoms with Crippen LogP contribution in [0.5, 0.6) is 0 Å². The van der Waals surface area contributed by atoms with Crippen molar-refractivity contribution in [2.45, 2.75) is 32.7 Å². The second kappa shape index (κ2) is 7.85. The first-order valence-electron chi connectivity index (χ1n) is 10.6. The monoisotopic (exact) mass is 464 g/mol. The van der Waals surface area contributed by atoms with Crippen LogP contribution < -0.4 is 10.6 Å². The maximum atomic E-state index is 13.2. The molecule has 1 aliphatic carbocycles. The van der Waals surface area contributed by atoms with E-state index in [-0.39, 0.29) is 22.9 Å². The third-order valence-corrected chi connectivity index (χ3v) is 6.29. The van der Waals surface area contributed by atoms with Crippen molar-refractivity contribution in [3.63, 3.8) is 0 Å². The highest BCUT2D eigenvalue weighted by Gasteiger charge is 2.42. The molecule has 0 saturated carbocycles. The quantitative estimate of drug-likeness (QED) is 0.530. The van der Waals surface area contributed by atoms with Gasteiger partial charge in [-0.05, 0) is 53.8 Å². The minimum absolute atomic E-state index is 0.0622. The summed E-state index contributed by atoms with van der Waals surface area (Å²) in [5, 5.41) is 11.2. The average Bonchev–Trinajstić information content (AvgIpc) is 3.17. The molecule has 6 nitrogen and oxygen atoms in total. The molecule has 0 bridgehead atoms. The molecule has 2 aliphatic rings. The summed E-state index contributed by atoms with van der Waals surface area (Å²) in [5.41, 5.74) is 2.93. The Hall–Kier alpha value is -3.45. The molecule has 2 aromatic carbocycles. The van der Waals surface area contributed by atoms with E-state index in [1.807, 2.05) is 12.1 Å². The first-order valence-corrected chi connectivity index (χ1v) is 11.0. The number of hydrogen-bond acceptors (Lipinski definition) is 4. The van der Waals surface area contributed by atoms with E-state index >= 15 is 0 Å². The normalized spacial score (nSPS) is 18.9. The first-order chi connectivity index (χ1) is 15.7. The molecule has 3 aromatic rings. The van der Waals surface area contributed by atoms with Gasteiger partial charge in [-0.1, -0.05) is 37.6 Å². The number of nitrogens with one attached hydrogen (secondary N) is 2. The predicted molar refractivity (Wildman–Crippen MR) is 125 cm³/mol. The fourth-order valence-electron chi connectivity index (χ4n) is 4.56. The summed E-state index contributed by atoms with van der Waals surface area (Å²) in [6.07, 6.45) is 2.59. The SMILES string of the molecule is CC1(C)CC(=O)C2=C(C1)Nc1c(C(=O)Nc3ccc(F)cc3)cnn1[C@H]2c1ccc(Cl)cc1. The number of halogens is 2. The summed E-state index contributed by atoms with van der Waals surface area (Å²) < 4.78 is 14.9. The minimum atomic E-state index is -0.468. The number of benzene rings is 2. The van der Waals surface area contributed by atoms with Crippen LogP contribution in [0.2, 0.25) is 5.02 Å². The second-order valence-corrected chi connectivity index (χ2v) is 9.66. The molecule has 0 fully saturated rings. The van der Waals surface area contributed by atoms with Crippen LogP contribution in [0.25, 0.3) is 0 Å². The van der Waals surface area contributed by atoms with Gasteiger partial charge in [-0.15, -0.1) is 0 Å². The van der Waals surface area contributed by atoms with Crippen molar-refractivity contribution in [2.24, 2.45) is 5.41 Å². The number of fused-ring (bicyclic) bond motifs is 1. The number of Topliss-reactive ketones (excluding diaryl/α,β-unsaturated/α-hetero) is 1. The van der Waals surface area contributed by atoms with Gasteiger partial charge in [0, 0.05) is 28.4 Å². The Labute approximate surface area is 195 Å². The summed E-state index contributed by atoms with van der Waals surface area (Å²) in [6, 6.07) is 12.4. The van der Waals surface area contributed by atoms with Gasteiger partial charge in [0.05, 0.1) is 6.20 Å². The van der Waals surface area contributed by atoms with Crippen LogP contribution in [0.4, 0.5) is 15.9 Å². The van der Waals surface area contributed by atoms with Gasteiger partial charge in [0.15, 0.2) is 5.78 Å². The zero-order valence-electron chi connectivity index (χ0n) is 18.2. The lowest BCUT2D eigenvalue weighted by molar-refractivity contribution is -0.118. The van der Waals surface area contributed by atoms with Gasteiger partial charge in [-0.2, -0.15) is 5.10 Å². The first kappa shape index (κ1) is 21.4. The number of aromatic nitrogens is 2. The molecule has 2 N–H and O–H groups in total. The molecular formula is C25H22ClFN4O2. The van der Waals surface area contributed by atoms with Crippen LogP contribution in [-0.2, 0) is 4.79 Å². The minimum Gasteiger partial charge on any atom is -0.343 e. The van der Waals surface area contributed by atoms with E-state index in [2.05, 4.69) is 29.6 Å². The van der Waals surface area contributed by atoms with E-state index in [1.165, 1.54) is 30.5 Å². The lowest BCUT2D eigenvalue weighted by Gasteiger charge is -2.39. The van der Waals surface area contributed by atoms with Crippen molar-refractivity contribution in [3.8, 4) is 0 Å². The highest BCUT2D eigenvalue weighted by Crippen LogP contribution is 2.46. The van der Waals surface area contributed by atoms with Crippen LogP contribution in [0.3, 0.4) is 0 Å². The summed E-state index contributed by atoms with van der Waals surface area (Å²) in [4.78, 5) is 26.3. The Morgan fingerprint density at radius 2 is 1.85 bits per heavy atom. The molecule has 0 radical (unpaired) electrons. The highest BCUT2D eigenvalue weighted by molar-refractivity contribution is 6.30. The molecule has 0 spiro atoms. The molecule has 168 valence electrons. The molecule has 1 aliphatic heterocycles. The number of carbonyl (C=O) groups is 2. The van der Waals surface area contributed by atoms with Gasteiger partial charge in [-0.25, -0.2) is 9.07 Å². The maximum absolute atomic E-state index is 13.2. The van der Waals surface area contributed by atoms with Crippen molar-refractivity contribution >= 4 is 34.8 Å². The Balaban J connectivity index is 1.58. The van der Waals surface area contributed by atoms with Crippen molar-refractivity contribution < 1.29 is 14.0 Å². The summed E-state index contributed by atoms with van der Waals surface area (Å²) in [6.45, 7) is 4.11. The molecule has 5 rings (SSSR count). The Morgan fingerprint density at radius 1 is 1.15 bits per heavy atom. The third-order valence-electron chi connectivity index (χ3n) is 6.04. The average molecular weight is 465 g/mol. The zero-order chi connectivity index (χ0) is 23.3. The number of nitrogens with zero attached hydrogens (tertiary/aromatic N) is 2. The molecule has 0 unspecified atom stereocenters. The number of rotatable bonds is 3. The third kappa shape index (κ3) is 3.93. The topological polar surface area (TPSA) is 76.0 Å². The lowest BCUT2D eigenvalue weighted by atomic mass is 9.73. The zero-order valence-corrected chi connectivity index (χ0v) is 18.9. The number of ketones is 1. The van der Waals surface area contributed by atoms with Gasteiger partial charge >= 0.3 is 0 Å². The van der Waals surface area contributed by atoms with Gasteiger partial charge in [0.25, 0.3) is 5.91 Å². The molecule has 1 atom stereocenters. The second-order valence-electron chi connectivity index (χ2n) is 9.22. The number of hydrogen-bond donors (Lipinski definition) is 2. The van der Waals surface area contributed by atoms with E-state index in [0.717, 1.165) is 11.3 Å². The van der Waals surface area contributed by atoms with Crippen LogP contribution in [0.1, 0.15) is 48.7 Å².